The highest BCUT2D eigenvalue weighted by Crippen LogP contribution is 2.31. The van der Waals surface area contributed by atoms with Gasteiger partial charge < -0.3 is 10.8 Å². The molecule has 0 aliphatic carbocycles. The zero-order chi connectivity index (χ0) is 11.8. The van der Waals surface area contributed by atoms with E-state index < -0.39 is 17.4 Å². The number of aliphatic carboxylic acids is 1. The zero-order valence-corrected chi connectivity index (χ0v) is 8.69. The Hall–Kier alpha value is -1.43. The van der Waals surface area contributed by atoms with Crippen LogP contribution < -0.4 is 5.73 Å². The van der Waals surface area contributed by atoms with Crippen LogP contribution in [0.2, 0.25) is 0 Å². The lowest BCUT2D eigenvalue weighted by atomic mass is 9.92. The highest BCUT2D eigenvalue weighted by Gasteiger charge is 2.45. The molecule has 84 valence electrons. The molecule has 6 nitrogen and oxygen atoms in total. The summed E-state index contributed by atoms with van der Waals surface area (Å²) in [6.45, 7) is 3.05. The van der Waals surface area contributed by atoms with E-state index in [2.05, 4.69) is 0 Å². The van der Waals surface area contributed by atoms with Crippen LogP contribution in [0, 0.1) is 5.41 Å². The van der Waals surface area contributed by atoms with Crippen LogP contribution in [0.3, 0.4) is 0 Å². The molecule has 0 saturated carbocycles. The minimum atomic E-state index is -1.22. The van der Waals surface area contributed by atoms with Crippen molar-refractivity contribution in [3.8, 4) is 0 Å². The highest BCUT2D eigenvalue weighted by molar-refractivity contribution is 6.05. The zero-order valence-electron chi connectivity index (χ0n) is 8.69. The van der Waals surface area contributed by atoms with Gasteiger partial charge in [0.1, 0.15) is 6.04 Å². The van der Waals surface area contributed by atoms with E-state index in [9.17, 15) is 14.4 Å². The Bertz CT molecular complexity index is 324. The van der Waals surface area contributed by atoms with E-state index in [0.29, 0.717) is 0 Å². The standard InChI is InChI=1S/C9H14N2O4/c1-9(2)3-6(12)11(8(9)15)4-5(10)7(13)14/h5H,3-4,10H2,1-2H3,(H,13,14). The van der Waals surface area contributed by atoms with Gasteiger partial charge in [0.05, 0.1) is 12.0 Å². The maximum atomic E-state index is 11.7. The van der Waals surface area contributed by atoms with Gasteiger partial charge in [-0.2, -0.15) is 0 Å². The first-order chi connectivity index (χ1) is 6.75. The summed E-state index contributed by atoms with van der Waals surface area (Å²) in [5, 5.41) is 8.57. The van der Waals surface area contributed by atoms with E-state index in [-0.39, 0.29) is 24.8 Å². The third-order valence-electron chi connectivity index (χ3n) is 2.41. The van der Waals surface area contributed by atoms with E-state index in [1.807, 2.05) is 0 Å². The Balaban J connectivity index is 2.76. The predicted molar refractivity (Wildman–Crippen MR) is 50.7 cm³/mol. The van der Waals surface area contributed by atoms with Gasteiger partial charge >= 0.3 is 5.97 Å². The molecule has 1 rings (SSSR count). The number of nitrogens with zero attached hydrogens (tertiary/aromatic N) is 1. The van der Waals surface area contributed by atoms with Gasteiger partial charge in [-0.3, -0.25) is 19.3 Å². The van der Waals surface area contributed by atoms with E-state index >= 15 is 0 Å². The molecule has 0 aromatic heterocycles. The minimum Gasteiger partial charge on any atom is -0.480 e. The maximum Gasteiger partial charge on any atom is 0.322 e. The fraction of sp³-hybridized carbons (Fsp3) is 0.667. The second-order valence-corrected chi connectivity index (χ2v) is 4.31. The molecule has 1 saturated heterocycles. The molecular formula is C9H14N2O4. The van der Waals surface area contributed by atoms with Crippen molar-refractivity contribution >= 4 is 17.8 Å². The molecule has 6 heteroatoms. The van der Waals surface area contributed by atoms with E-state index in [4.69, 9.17) is 10.8 Å². The average Bonchev–Trinajstić information content (AvgIpc) is 2.27. The maximum absolute atomic E-state index is 11.7. The second kappa shape index (κ2) is 3.62. The third-order valence-corrected chi connectivity index (χ3v) is 2.41. The van der Waals surface area contributed by atoms with Crippen molar-refractivity contribution in [2.45, 2.75) is 26.3 Å². The topological polar surface area (TPSA) is 101 Å². The van der Waals surface area contributed by atoms with Crippen LogP contribution >= 0.6 is 0 Å². The predicted octanol–water partition coefficient (Wildman–Crippen LogP) is -0.817. The number of carboxylic acids is 1. The molecule has 1 heterocycles. The third kappa shape index (κ3) is 2.15. The normalized spacial score (nSPS) is 21.9. The van der Waals surface area contributed by atoms with E-state index in [1.165, 1.54) is 0 Å². The van der Waals surface area contributed by atoms with Crippen molar-refractivity contribution in [3.05, 3.63) is 0 Å². The number of nitrogens with two attached hydrogens (primary N) is 1. The molecule has 1 aliphatic heterocycles. The Kier molecular flexibility index (Phi) is 2.81. The van der Waals surface area contributed by atoms with E-state index in [1.54, 1.807) is 13.8 Å². The second-order valence-electron chi connectivity index (χ2n) is 4.31. The smallest absolute Gasteiger partial charge is 0.322 e. The minimum absolute atomic E-state index is 0.109. The quantitative estimate of drug-likeness (QED) is 0.598. The number of likely N-dealkylation sites (tertiary alicyclic amines) is 1. The van der Waals surface area contributed by atoms with Gasteiger partial charge in [0.25, 0.3) is 0 Å². The first kappa shape index (κ1) is 11.6. The molecule has 0 bridgehead atoms. The molecule has 1 atom stereocenters. The monoisotopic (exact) mass is 214 g/mol. The van der Waals surface area contributed by atoms with Crippen molar-refractivity contribution in [3.63, 3.8) is 0 Å². The van der Waals surface area contributed by atoms with Gasteiger partial charge in [-0.15, -0.1) is 0 Å². The molecule has 0 radical (unpaired) electrons. The van der Waals surface area contributed by atoms with Crippen molar-refractivity contribution in [2.75, 3.05) is 6.54 Å². The largest absolute Gasteiger partial charge is 0.480 e. The molecular weight excluding hydrogens is 200 g/mol. The van der Waals surface area contributed by atoms with Crippen molar-refractivity contribution in [1.82, 2.24) is 4.90 Å². The fourth-order valence-corrected chi connectivity index (χ4v) is 1.49. The summed E-state index contributed by atoms with van der Waals surface area (Å²) in [6.07, 6.45) is 0.109. The SMILES string of the molecule is CC1(C)CC(=O)N(CC(N)C(=O)O)C1=O. The van der Waals surface area contributed by atoms with Crippen molar-refractivity contribution < 1.29 is 19.5 Å². The lowest BCUT2D eigenvalue weighted by Gasteiger charge is -2.19. The van der Waals surface area contributed by atoms with Gasteiger partial charge in [0, 0.05) is 6.42 Å². The summed E-state index contributed by atoms with van der Waals surface area (Å²) in [7, 11) is 0. The van der Waals surface area contributed by atoms with Gasteiger partial charge in [-0.05, 0) is 0 Å². The highest BCUT2D eigenvalue weighted by atomic mass is 16.4. The summed E-state index contributed by atoms with van der Waals surface area (Å²) in [5.41, 5.74) is 4.52. The van der Waals surface area contributed by atoms with Crippen LogP contribution in [-0.2, 0) is 14.4 Å². The number of carboxylic acid groups (broad SMARTS) is 1. The molecule has 1 fully saturated rings. The van der Waals surface area contributed by atoms with Crippen LogP contribution in [0.25, 0.3) is 0 Å². The number of hydrogen-bond acceptors (Lipinski definition) is 4. The summed E-state index contributed by atoms with van der Waals surface area (Å²) < 4.78 is 0. The number of hydrogen-bond donors (Lipinski definition) is 2. The fourth-order valence-electron chi connectivity index (χ4n) is 1.49. The van der Waals surface area contributed by atoms with Crippen LogP contribution in [-0.4, -0.2) is 40.4 Å². The summed E-state index contributed by atoms with van der Waals surface area (Å²) >= 11 is 0. The Morgan fingerprint density at radius 1 is 1.60 bits per heavy atom. The summed E-state index contributed by atoms with van der Waals surface area (Å²) in [4.78, 5) is 34.5. The molecule has 0 aromatic rings. The number of imide groups is 1. The average molecular weight is 214 g/mol. The number of rotatable bonds is 3. The lowest BCUT2D eigenvalue weighted by Crippen LogP contribution is -2.45. The van der Waals surface area contributed by atoms with E-state index in [0.717, 1.165) is 4.90 Å². The van der Waals surface area contributed by atoms with Crippen LogP contribution in [0.15, 0.2) is 0 Å². The molecule has 0 aromatic carbocycles. The van der Waals surface area contributed by atoms with Crippen molar-refractivity contribution in [2.24, 2.45) is 11.1 Å². The number of carbonyl (C=O) groups excluding carboxylic acids is 2. The Morgan fingerprint density at radius 2 is 2.13 bits per heavy atom. The van der Waals surface area contributed by atoms with Crippen LogP contribution in [0.5, 0.6) is 0 Å². The number of carbonyl (C=O) groups is 3. The summed E-state index contributed by atoms with van der Waals surface area (Å²) in [6, 6.07) is -1.22. The Labute approximate surface area is 87.0 Å². The molecule has 2 amide bonds. The Morgan fingerprint density at radius 3 is 2.47 bits per heavy atom. The van der Waals surface area contributed by atoms with Gasteiger partial charge in [-0.25, -0.2) is 0 Å². The molecule has 1 aliphatic rings. The summed E-state index contributed by atoms with van der Waals surface area (Å²) in [5.74, 6) is -1.94. The van der Waals surface area contributed by atoms with Gasteiger partial charge in [0.2, 0.25) is 11.8 Å². The van der Waals surface area contributed by atoms with Gasteiger partial charge in [-0.1, -0.05) is 13.8 Å². The molecule has 0 spiro atoms. The molecule has 1 unspecified atom stereocenters. The van der Waals surface area contributed by atoms with Crippen molar-refractivity contribution in [1.29, 1.82) is 0 Å². The first-order valence-electron chi connectivity index (χ1n) is 4.59. The number of amides is 2. The molecule has 15 heavy (non-hydrogen) atoms. The molecule has 3 N–H and O–H groups in total. The van der Waals surface area contributed by atoms with Gasteiger partial charge in [0.15, 0.2) is 0 Å². The van der Waals surface area contributed by atoms with Crippen LogP contribution in [0.1, 0.15) is 20.3 Å². The van der Waals surface area contributed by atoms with Crippen LogP contribution in [0.4, 0.5) is 0 Å². The lowest BCUT2D eigenvalue weighted by molar-refractivity contribution is -0.143. The first-order valence-corrected chi connectivity index (χ1v) is 4.59.